The van der Waals surface area contributed by atoms with Crippen molar-refractivity contribution >= 4 is 23.3 Å². The van der Waals surface area contributed by atoms with Gasteiger partial charge < -0.3 is 10.2 Å². The third kappa shape index (κ3) is 3.51. The minimum Gasteiger partial charge on any atom is -0.511 e. The van der Waals surface area contributed by atoms with Crippen molar-refractivity contribution < 1.29 is 19.8 Å². The van der Waals surface area contributed by atoms with E-state index < -0.39 is 0 Å². The summed E-state index contributed by atoms with van der Waals surface area (Å²) in [7, 11) is 0. The number of Topliss-reactive ketones (excluding diaryl/α,β-unsaturated/α-hetero) is 2. The van der Waals surface area contributed by atoms with Gasteiger partial charge in [-0.15, -0.1) is 0 Å². The van der Waals surface area contributed by atoms with Crippen molar-refractivity contribution in [1.29, 1.82) is 0 Å². The highest BCUT2D eigenvalue weighted by Crippen LogP contribution is 2.46. The molecule has 4 nitrogen and oxygen atoms in total. The van der Waals surface area contributed by atoms with Crippen molar-refractivity contribution in [1.82, 2.24) is 0 Å². The predicted molar refractivity (Wildman–Crippen MR) is 82.9 cm³/mol. The maximum absolute atomic E-state index is 12.2. The Morgan fingerprint density at radius 3 is 1.38 bits per heavy atom. The molecule has 116 valence electrons. The second-order valence-corrected chi connectivity index (χ2v) is 8.56. The molecule has 0 unspecified atom stereocenters. The van der Waals surface area contributed by atoms with Crippen LogP contribution in [0, 0.1) is 10.8 Å². The summed E-state index contributed by atoms with van der Waals surface area (Å²) in [6.07, 6.45) is 1.50. The number of ketones is 2. The van der Waals surface area contributed by atoms with Gasteiger partial charge in [-0.2, -0.15) is 0 Å². The molecule has 5 heteroatoms. The van der Waals surface area contributed by atoms with Gasteiger partial charge in [0.25, 0.3) is 0 Å². The standard InChI is InChI=1S/C16H22O4S/c1-15(2)5-9(17)13(10(18)6-15)21-14-11(19)7-16(3,4)8-12(14)20/h17,19H,5-8H2,1-4H3. The number of rotatable bonds is 2. The molecule has 0 aromatic rings. The molecule has 0 spiro atoms. The fraction of sp³-hybridized carbons (Fsp3) is 0.625. The van der Waals surface area contributed by atoms with E-state index in [2.05, 4.69) is 0 Å². The molecule has 0 heterocycles. The lowest BCUT2D eigenvalue weighted by molar-refractivity contribution is -0.118. The molecule has 0 bridgehead atoms. The van der Waals surface area contributed by atoms with Crippen molar-refractivity contribution in [3.8, 4) is 0 Å². The van der Waals surface area contributed by atoms with E-state index in [-0.39, 0.29) is 43.7 Å². The first-order valence-electron chi connectivity index (χ1n) is 7.09. The lowest BCUT2D eigenvalue weighted by Gasteiger charge is -2.31. The largest absolute Gasteiger partial charge is 0.511 e. The summed E-state index contributed by atoms with van der Waals surface area (Å²) in [4.78, 5) is 24.8. The number of carbonyl (C=O) groups excluding carboxylic acids is 2. The third-order valence-electron chi connectivity index (χ3n) is 3.81. The Labute approximate surface area is 129 Å². The average Bonchev–Trinajstić information content (AvgIpc) is 2.22. The number of allylic oxidation sites excluding steroid dienone is 4. The van der Waals surface area contributed by atoms with E-state index in [9.17, 15) is 19.8 Å². The first-order chi connectivity index (χ1) is 9.51. The zero-order valence-corrected chi connectivity index (χ0v) is 13.8. The molecule has 0 saturated heterocycles. The quantitative estimate of drug-likeness (QED) is 0.805. The molecular formula is C16H22O4S. The van der Waals surface area contributed by atoms with Gasteiger partial charge in [0.1, 0.15) is 11.5 Å². The lowest BCUT2D eigenvalue weighted by Crippen LogP contribution is -2.27. The predicted octanol–water partition coefficient (Wildman–Crippen LogP) is 4.04. The van der Waals surface area contributed by atoms with E-state index in [4.69, 9.17) is 0 Å². The molecule has 2 rings (SSSR count). The second kappa shape index (κ2) is 5.20. The molecule has 0 atom stereocenters. The van der Waals surface area contributed by atoms with Crippen LogP contribution in [-0.2, 0) is 9.59 Å². The van der Waals surface area contributed by atoms with E-state index in [1.54, 1.807) is 0 Å². The highest BCUT2D eigenvalue weighted by Gasteiger charge is 2.38. The monoisotopic (exact) mass is 310 g/mol. The molecular weight excluding hydrogens is 288 g/mol. The van der Waals surface area contributed by atoms with E-state index in [0.29, 0.717) is 25.7 Å². The first-order valence-corrected chi connectivity index (χ1v) is 7.91. The second-order valence-electron chi connectivity index (χ2n) is 7.54. The minimum atomic E-state index is -0.264. The molecule has 2 aliphatic carbocycles. The molecule has 0 saturated carbocycles. The van der Waals surface area contributed by atoms with Gasteiger partial charge in [-0.05, 0) is 10.8 Å². The van der Waals surface area contributed by atoms with Gasteiger partial charge >= 0.3 is 0 Å². The lowest BCUT2D eigenvalue weighted by atomic mass is 9.79. The van der Waals surface area contributed by atoms with Gasteiger partial charge in [-0.1, -0.05) is 39.5 Å². The molecule has 0 radical (unpaired) electrons. The average molecular weight is 310 g/mol. The number of aliphatic hydroxyl groups excluding tert-OH is 2. The molecule has 0 fully saturated rings. The number of hydrogen-bond acceptors (Lipinski definition) is 5. The van der Waals surface area contributed by atoms with Crippen molar-refractivity contribution in [2.24, 2.45) is 10.8 Å². The Kier molecular flexibility index (Phi) is 4.00. The van der Waals surface area contributed by atoms with Crippen LogP contribution >= 0.6 is 11.8 Å². The molecule has 0 aliphatic heterocycles. The highest BCUT2D eigenvalue weighted by atomic mass is 32.2. The molecule has 21 heavy (non-hydrogen) atoms. The molecule has 0 aromatic carbocycles. The first kappa shape index (κ1) is 16.1. The summed E-state index contributed by atoms with van der Waals surface area (Å²) in [5.41, 5.74) is -0.527. The smallest absolute Gasteiger partial charge is 0.173 e. The molecule has 2 N–H and O–H groups in total. The Bertz CT molecular complexity index is 517. The summed E-state index contributed by atoms with van der Waals surface area (Å²) in [6, 6.07) is 0. The van der Waals surface area contributed by atoms with Crippen molar-refractivity contribution in [3.05, 3.63) is 21.3 Å². The normalized spacial score (nSPS) is 25.5. The Balaban J connectivity index is 2.30. The van der Waals surface area contributed by atoms with Crippen molar-refractivity contribution in [3.63, 3.8) is 0 Å². The van der Waals surface area contributed by atoms with Crippen LogP contribution in [0.4, 0.5) is 0 Å². The van der Waals surface area contributed by atoms with Gasteiger partial charge in [-0.25, -0.2) is 0 Å². The number of thioether (sulfide) groups is 1. The summed E-state index contributed by atoms with van der Waals surface area (Å²) >= 11 is 0.936. The van der Waals surface area contributed by atoms with Crippen LogP contribution in [0.2, 0.25) is 0 Å². The van der Waals surface area contributed by atoms with Gasteiger partial charge in [0.2, 0.25) is 0 Å². The minimum absolute atomic E-state index is 0.0270. The van der Waals surface area contributed by atoms with E-state index in [1.165, 1.54) is 0 Å². The van der Waals surface area contributed by atoms with Gasteiger partial charge in [0.05, 0.1) is 9.81 Å². The Morgan fingerprint density at radius 1 is 0.762 bits per heavy atom. The fourth-order valence-electron chi connectivity index (χ4n) is 2.88. The van der Waals surface area contributed by atoms with Crippen LogP contribution in [0.1, 0.15) is 53.4 Å². The Hall–Kier alpha value is -1.23. The summed E-state index contributed by atoms with van der Waals surface area (Å²) < 4.78 is 0. The maximum Gasteiger partial charge on any atom is 0.173 e. The third-order valence-corrected chi connectivity index (χ3v) is 5.14. The summed E-state index contributed by atoms with van der Waals surface area (Å²) in [5, 5.41) is 20.2. The van der Waals surface area contributed by atoms with Crippen LogP contribution in [0.25, 0.3) is 0 Å². The van der Waals surface area contributed by atoms with Crippen LogP contribution in [0.15, 0.2) is 21.3 Å². The zero-order chi connectivity index (χ0) is 16.0. The van der Waals surface area contributed by atoms with Gasteiger partial charge in [-0.3, -0.25) is 9.59 Å². The Morgan fingerprint density at radius 2 is 1.10 bits per heavy atom. The van der Waals surface area contributed by atoms with Crippen LogP contribution in [-0.4, -0.2) is 21.8 Å². The highest BCUT2D eigenvalue weighted by molar-refractivity contribution is 8.08. The van der Waals surface area contributed by atoms with E-state index in [1.807, 2.05) is 27.7 Å². The van der Waals surface area contributed by atoms with Crippen molar-refractivity contribution in [2.45, 2.75) is 53.4 Å². The van der Waals surface area contributed by atoms with Crippen LogP contribution in [0.5, 0.6) is 0 Å². The van der Waals surface area contributed by atoms with Gasteiger partial charge in [0, 0.05) is 25.7 Å². The number of carbonyl (C=O) groups is 2. The van der Waals surface area contributed by atoms with E-state index in [0.717, 1.165) is 11.8 Å². The molecule has 2 aliphatic rings. The maximum atomic E-state index is 12.2. The van der Waals surface area contributed by atoms with Crippen LogP contribution < -0.4 is 0 Å². The topological polar surface area (TPSA) is 74.6 Å². The number of hydrogen-bond donors (Lipinski definition) is 2. The van der Waals surface area contributed by atoms with Crippen molar-refractivity contribution in [2.75, 3.05) is 0 Å². The van der Waals surface area contributed by atoms with E-state index >= 15 is 0 Å². The number of aliphatic hydroxyl groups is 2. The van der Waals surface area contributed by atoms with Crippen LogP contribution in [0.3, 0.4) is 0 Å². The summed E-state index contributed by atoms with van der Waals surface area (Å²) in [6.45, 7) is 7.70. The SMILES string of the molecule is CC1(C)CC(=O)C(SC2=C(O)CC(C)(C)CC2=O)=C(O)C1. The molecule has 0 amide bonds. The fourth-order valence-corrected chi connectivity index (χ4v) is 3.83. The molecule has 0 aromatic heterocycles. The summed E-state index contributed by atoms with van der Waals surface area (Å²) in [5.74, 6) is -0.267. The zero-order valence-electron chi connectivity index (χ0n) is 12.9. The van der Waals surface area contributed by atoms with Gasteiger partial charge in [0.15, 0.2) is 11.6 Å².